The number of hydrogen-bond acceptors (Lipinski definition) is 0. The van der Waals surface area contributed by atoms with Crippen LogP contribution in [-0.4, -0.2) is 20.2 Å². The van der Waals surface area contributed by atoms with Gasteiger partial charge in [-0.25, -0.2) is 0 Å². The average molecular weight is 155 g/mol. The molecule has 0 amide bonds. The molecule has 0 atom stereocenters. The molecule has 7 heavy (non-hydrogen) atoms. The zero-order valence-corrected chi connectivity index (χ0v) is 5.43. The van der Waals surface area contributed by atoms with Crippen LogP contribution in [0.4, 0.5) is 0 Å². The van der Waals surface area contributed by atoms with Crippen LogP contribution < -0.4 is 0 Å². The van der Waals surface area contributed by atoms with Crippen molar-refractivity contribution in [1.29, 1.82) is 0 Å². The summed E-state index contributed by atoms with van der Waals surface area (Å²) in [5.74, 6) is 0. The second kappa shape index (κ2) is 2.09. The van der Waals surface area contributed by atoms with Gasteiger partial charge in [-0.2, -0.15) is 0 Å². The van der Waals surface area contributed by atoms with E-state index < -0.39 is 0 Å². The van der Waals surface area contributed by atoms with Crippen LogP contribution >= 0.6 is 0 Å². The van der Waals surface area contributed by atoms with E-state index in [1.807, 2.05) is 24.3 Å². The van der Waals surface area contributed by atoms with E-state index in [-0.39, 0.29) is 0 Å². The fourth-order valence-electron chi connectivity index (χ4n) is 0.442. The van der Waals surface area contributed by atoms with Crippen LogP contribution in [0, 0.1) is 0 Å². The van der Waals surface area contributed by atoms with Gasteiger partial charge in [-0.1, -0.05) is 0 Å². The van der Waals surface area contributed by atoms with Crippen molar-refractivity contribution in [2.45, 2.75) is 0 Å². The Balaban J connectivity index is 3.00. The van der Waals surface area contributed by atoms with Gasteiger partial charge in [0.1, 0.15) is 0 Å². The van der Waals surface area contributed by atoms with Crippen LogP contribution in [0.25, 0.3) is 0 Å². The van der Waals surface area contributed by atoms with Gasteiger partial charge in [0.2, 0.25) is 0 Å². The maximum atomic E-state index is 2.88. The molecule has 0 heterocycles. The molecule has 0 fully saturated rings. The molecule has 1 rings (SSSR count). The third-order valence-electron chi connectivity index (χ3n) is 0.781. The molecule has 0 saturated heterocycles. The fraction of sp³-hybridized carbons (Fsp3) is 0. The van der Waals surface area contributed by atoms with Gasteiger partial charge >= 0.3 is 50.0 Å². The molecule has 0 N–H and O–H groups in total. The molecule has 0 saturated carbocycles. The van der Waals surface area contributed by atoms with Crippen LogP contribution in [0.3, 0.4) is 0 Å². The van der Waals surface area contributed by atoms with Gasteiger partial charge in [0, 0.05) is 0 Å². The molecule has 1 aliphatic carbocycles. The molecule has 0 aromatic carbocycles. The van der Waals surface area contributed by atoms with Crippen molar-refractivity contribution in [2.75, 3.05) is 0 Å². The first kappa shape index (κ1) is 4.80. The van der Waals surface area contributed by atoms with Gasteiger partial charge in [-0.15, -0.1) is 0 Å². The minimum absolute atomic E-state index is 1.12. The summed E-state index contributed by atoms with van der Waals surface area (Å²) in [4.78, 5) is 0. The first-order valence-electron chi connectivity index (χ1n) is 2.03. The summed E-state index contributed by atoms with van der Waals surface area (Å²) in [6.07, 6.45) is 7.96. The Hall–Kier alpha value is -0.351. The number of hydrogen-bond donors (Lipinski definition) is 0. The molecule has 0 spiro atoms. The van der Waals surface area contributed by atoms with E-state index in [4.69, 9.17) is 0 Å². The van der Waals surface area contributed by atoms with Crippen LogP contribution in [0.1, 0.15) is 0 Å². The summed E-state index contributed by atoms with van der Waals surface area (Å²) in [5, 5.41) is 0. The summed E-state index contributed by atoms with van der Waals surface area (Å²) >= 11 is 2.70. The Morgan fingerprint density at radius 1 is 1.29 bits per heavy atom. The molecule has 34 valence electrons. The van der Waals surface area contributed by atoms with E-state index in [9.17, 15) is 0 Å². The van der Waals surface area contributed by atoms with Crippen molar-refractivity contribution < 1.29 is 0 Å². The summed E-state index contributed by atoms with van der Waals surface area (Å²) in [7, 11) is 0. The summed E-state index contributed by atoms with van der Waals surface area (Å²) in [5.41, 5.74) is 1.12. The predicted octanol–water partition coefficient (Wildman–Crippen LogP) is 0.608. The van der Waals surface area contributed by atoms with Gasteiger partial charge in [0.05, 0.1) is 0 Å². The Kier molecular flexibility index (Phi) is 1.43. The maximum absolute atomic E-state index is 2.88. The van der Waals surface area contributed by atoms with E-state index in [1.54, 1.807) is 0 Å². The van der Waals surface area contributed by atoms with E-state index in [2.05, 4.69) is 20.2 Å². The molecule has 0 nitrogen and oxygen atoms in total. The van der Waals surface area contributed by atoms with Crippen LogP contribution in [0.15, 0.2) is 29.9 Å². The Bertz CT molecular complexity index is 155. The topological polar surface area (TPSA) is 0 Å². The second-order valence-corrected chi connectivity index (χ2v) is 1.70. The summed E-state index contributed by atoms with van der Waals surface area (Å²) in [6.45, 7) is 0. The predicted molar refractivity (Wildman–Crippen MR) is 32.6 cm³/mol. The molecule has 0 bridgehead atoms. The molecule has 0 aromatic heterocycles. The first-order valence-corrected chi connectivity index (χ1v) is 2.89. The standard InChI is InChI=1S/C6H4Se/c7-5-6-3-1-2-4-6/h1-4H. The van der Waals surface area contributed by atoms with Gasteiger partial charge in [0.25, 0.3) is 0 Å². The summed E-state index contributed by atoms with van der Waals surface area (Å²) in [6, 6.07) is 0. The minimum atomic E-state index is 1.12. The van der Waals surface area contributed by atoms with Crippen molar-refractivity contribution in [1.82, 2.24) is 0 Å². The first-order chi connectivity index (χ1) is 3.43. The molecule has 1 heteroatoms. The van der Waals surface area contributed by atoms with Gasteiger partial charge in [-0.3, -0.25) is 0 Å². The van der Waals surface area contributed by atoms with E-state index >= 15 is 0 Å². The number of rotatable bonds is 0. The monoisotopic (exact) mass is 156 g/mol. The van der Waals surface area contributed by atoms with Crippen molar-refractivity contribution in [3.8, 4) is 0 Å². The third-order valence-corrected chi connectivity index (χ3v) is 1.28. The average Bonchev–Trinajstić information content (AvgIpc) is 2.14. The summed E-state index contributed by atoms with van der Waals surface area (Å²) < 4.78 is 2.88. The normalized spacial score (nSPS) is 15.1. The quantitative estimate of drug-likeness (QED) is 0.449. The van der Waals surface area contributed by atoms with Gasteiger partial charge in [-0.05, 0) is 0 Å². The Labute approximate surface area is 50.6 Å². The molecular formula is C6H4Se. The Morgan fingerprint density at radius 3 is 2.14 bits per heavy atom. The SMILES string of the molecule is [Se]=C=C1C=CC=C1. The van der Waals surface area contributed by atoms with Gasteiger partial charge in [0.15, 0.2) is 0 Å². The van der Waals surface area contributed by atoms with Crippen LogP contribution in [-0.2, 0) is 0 Å². The van der Waals surface area contributed by atoms with Crippen molar-refractivity contribution in [3.63, 3.8) is 0 Å². The zero-order valence-electron chi connectivity index (χ0n) is 3.72. The van der Waals surface area contributed by atoms with E-state index in [0.29, 0.717) is 0 Å². The molecule has 0 radical (unpaired) electrons. The fourth-order valence-corrected chi connectivity index (χ4v) is 0.728. The molecule has 1 aliphatic rings. The van der Waals surface area contributed by atoms with Crippen LogP contribution in [0.2, 0.25) is 0 Å². The van der Waals surface area contributed by atoms with E-state index in [1.165, 1.54) is 0 Å². The second-order valence-electron chi connectivity index (χ2n) is 1.28. The van der Waals surface area contributed by atoms with Crippen molar-refractivity contribution in [3.05, 3.63) is 29.9 Å². The van der Waals surface area contributed by atoms with Crippen LogP contribution in [0.5, 0.6) is 0 Å². The van der Waals surface area contributed by atoms with Gasteiger partial charge < -0.3 is 0 Å². The molecule has 0 aromatic rings. The number of allylic oxidation sites excluding steroid dienone is 5. The van der Waals surface area contributed by atoms with Crippen molar-refractivity contribution >= 4 is 20.2 Å². The van der Waals surface area contributed by atoms with Crippen molar-refractivity contribution in [2.24, 2.45) is 0 Å². The molecule has 0 unspecified atom stereocenters. The third kappa shape index (κ3) is 1.01. The Morgan fingerprint density at radius 2 is 1.86 bits per heavy atom. The zero-order chi connectivity index (χ0) is 5.11. The van der Waals surface area contributed by atoms with E-state index in [0.717, 1.165) is 5.57 Å². The molecule has 0 aliphatic heterocycles. The molecular weight excluding hydrogens is 151 g/mol.